The molecule has 96 valence electrons. The van der Waals surface area contributed by atoms with E-state index in [1.54, 1.807) is 11.3 Å². The Kier molecular flexibility index (Phi) is 3.73. The predicted molar refractivity (Wildman–Crippen MR) is 74.5 cm³/mol. The normalized spacial score (nSPS) is 11.8. The molecule has 2 aromatic heterocycles. The lowest BCUT2D eigenvalue weighted by molar-refractivity contribution is 0.426. The van der Waals surface area contributed by atoms with Gasteiger partial charge < -0.3 is 5.32 Å². The lowest BCUT2D eigenvalue weighted by atomic mass is 10.1. The molecule has 0 atom stereocenters. The van der Waals surface area contributed by atoms with Crippen molar-refractivity contribution in [1.29, 1.82) is 0 Å². The van der Waals surface area contributed by atoms with Gasteiger partial charge in [-0.1, -0.05) is 0 Å². The molecule has 0 fully saturated rings. The van der Waals surface area contributed by atoms with Gasteiger partial charge >= 0.3 is 0 Å². The van der Waals surface area contributed by atoms with Gasteiger partial charge in [0.2, 0.25) is 0 Å². The van der Waals surface area contributed by atoms with Crippen molar-refractivity contribution in [2.75, 3.05) is 0 Å². The standard InChI is InChI=1S/C13H18N4S/c1-9-5-14-11(15-6-9)12-16-7-10(18-12)8-17-13(2,3)4/h5-7,17H,8H2,1-4H3. The molecule has 0 amide bonds. The topological polar surface area (TPSA) is 50.7 Å². The third-order valence-electron chi connectivity index (χ3n) is 2.32. The van der Waals surface area contributed by atoms with Crippen LogP contribution in [0.5, 0.6) is 0 Å². The summed E-state index contributed by atoms with van der Waals surface area (Å²) in [5.74, 6) is 0.701. The molecule has 0 aliphatic heterocycles. The van der Waals surface area contributed by atoms with Gasteiger partial charge in [0.25, 0.3) is 0 Å². The van der Waals surface area contributed by atoms with Crippen molar-refractivity contribution >= 4 is 11.3 Å². The molecular formula is C13H18N4S. The zero-order valence-electron chi connectivity index (χ0n) is 11.2. The molecule has 0 aliphatic rings. The summed E-state index contributed by atoms with van der Waals surface area (Å²) in [6.45, 7) is 9.26. The van der Waals surface area contributed by atoms with Crippen LogP contribution in [-0.4, -0.2) is 20.5 Å². The zero-order valence-corrected chi connectivity index (χ0v) is 12.0. The predicted octanol–water partition coefficient (Wildman–Crippen LogP) is 2.80. The summed E-state index contributed by atoms with van der Waals surface area (Å²) in [7, 11) is 0. The van der Waals surface area contributed by atoms with Gasteiger partial charge in [-0.2, -0.15) is 0 Å². The molecule has 0 aromatic carbocycles. The third-order valence-corrected chi connectivity index (χ3v) is 3.31. The van der Waals surface area contributed by atoms with Gasteiger partial charge in [0.05, 0.1) is 0 Å². The van der Waals surface area contributed by atoms with Crippen LogP contribution in [-0.2, 0) is 6.54 Å². The molecular weight excluding hydrogens is 244 g/mol. The highest BCUT2D eigenvalue weighted by molar-refractivity contribution is 7.14. The van der Waals surface area contributed by atoms with E-state index in [0.29, 0.717) is 5.82 Å². The quantitative estimate of drug-likeness (QED) is 0.924. The number of thiazole rings is 1. The first-order valence-corrected chi connectivity index (χ1v) is 6.74. The number of aromatic nitrogens is 3. The summed E-state index contributed by atoms with van der Waals surface area (Å²) in [6, 6.07) is 0. The maximum absolute atomic E-state index is 4.37. The van der Waals surface area contributed by atoms with Crippen LogP contribution in [0.25, 0.3) is 10.8 Å². The van der Waals surface area contributed by atoms with Gasteiger partial charge in [-0.15, -0.1) is 11.3 Å². The fraction of sp³-hybridized carbons (Fsp3) is 0.462. The first kappa shape index (κ1) is 13.1. The van der Waals surface area contributed by atoms with Crippen molar-refractivity contribution in [3.63, 3.8) is 0 Å². The van der Waals surface area contributed by atoms with E-state index in [4.69, 9.17) is 0 Å². The Hall–Kier alpha value is -1.33. The number of aryl methyl sites for hydroxylation is 1. The molecule has 18 heavy (non-hydrogen) atoms. The maximum Gasteiger partial charge on any atom is 0.188 e. The van der Waals surface area contributed by atoms with Crippen molar-refractivity contribution < 1.29 is 0 Å². The number of nitrogens with zero attached hydrogens (tertiary/aromatic N) is 3. The number of rotatable bonds is 3. The molecule has 2 aromatic rings. The van der Waals surface area contributed by atoms with Crippen LogP contribution in [0, 0.1) is 6.92 Å². The summed E-state index contributed by atoms with van der Waals surface area (Å²) in [4.78, 5) is 14.1. The van der Waals surface area contributed by atoms with Crippen molar-refractivity contribution in [2.45, 2.75) is 39.8 Å². The summed E-state index contributed by atoms with van der Waals surface area (Å²) in [5, 5.41) is 4.32. The Morgan fingerprint density at radius 1 is 1.11 bits per heavy atom. The van der Waals surface area contributed by atoms with E-state index in [9.17, 15) is 0 Å². The SMILES string of the molecule is Cc1cnc(-c2ncc(CNC(C)(C)C)s2)nc1. The highest BCUT2D eigenvalue weighted by Gasteiger charge is 2.11. The fourth-order valence-corrected chi connectivity index (χ4v) is 2.15. The number of hydrogen-bond donors (Lipinski definition) is 1. The van der Waals surface area contributed by atoms with E-state index < -0.39 is 0 Å². The van der Waals surface area contributed by atoms with Crippen LogP contribution in [0.2, 0.25) is 0 Å². The molecule has 0 aliphatic carbocycles. The Morgan fingerprint density at radius 3 is 2.39 bits per heavy atom. The smallest absolute Gasteiger partial charge is 0.188 e. The van der Waals surface area contributed by atoms with Crippen LogP contribution in [0.15, 0.2) is 18.6 Å². The van der Waals surface area contributed by atoms with Crippen LogP contribution >= 0.6 is 11.3 Å². The zero-order chi connectivity index (χ0) is 13.2. The van der Waals surface area contributed by atoms with E-state index in [2.05, 4.69) is 41.0 Å². The average molecular weight is 262 g/mol. The highest BCUT2D eigenvalue weighted by atomic mass is 32.1. The number of hydrogen-bond acceptors (Lipinski definition) is 5. The minimum atomic E-state index is 0.116. The molecule has 0 saturated heterocycles. The van der Waals surface area contributed by atoms with E-state index in [-0.39, 0.29) is 5.54 Å². The largest absolute Gasteiger partial charge is 0.307 e. The molecule has 0 radical (unpaired) electrons. The summed E-state index contributed by atoms with van der Waals surface area (Å²) >= 11 is 1.63. The Morgan fingerprint density at radius 2 is 1.78 bits per heavy atom. The molecule has 2 heterocycles. The molecule has 0 spiro atoms. The molecule has 0 unspecified atom stereocenters. The first-order chi connectivity index (χ1) is 8.44. The molecule has 2 rings (SSSR count). The fourth-order valence-electron chi connectivity index (χ4n) is 1.35. The first-order valence-electron chi connectivity index (χ1n) is 5.93. The Bertz CT molecular complexity index is 511. The van der Waals surface area contributed by atoms with Crippen LogP contribution in [0.1, 0.15) is 31.2 Å². The molecule has 0 saturated carbocycles. The lowest BCUT2D eigenvalue weighted by Gasteiger charge is -2.19. The van der Waals surface area contributed by atoms with Gasteiger partial charge in [0, 0.05) is 35.6 Å². The van der Waals surface area contributed by atoms with Crippen LogP contribution in [0.3, 0.4) is 0 Å². The lowest BCUT2D eigenvalue weighted by Crippen LogP contribution is -2.34. The van der Waals surface area contributed by atoms with Gasteiger partial charge in [0.1, 0.15) is 0 Å². The maximum atomic E-state index is 4.37. The molecule has 1 N–H and O–H groups in total. The van der Waals surface area contributed by atoms with Gasteiger partial charge in [-0.3, -0.25) is 0 Å². The van der Waals surface area contributed by atoms with Gasteiger partial charge in [0.15, 0.2) is 10.8 Å². The third kappa shape index (κ3) is 3.58. The number of nitrogens with one attached hydrogen (secondary N) is 1. The summed E-state index contributed by atoms with van der Waals surface area (Å²) in [5.41, 5.74) is 1.18. The Labute approximate surface area is 112 Å². The molecule has 4 nitrogen and oxygen atoms in total. The van der Waals surface area contributed by atoms with Crippen molar-refractivity contribution in [1.82, 2.24) is 20.3 Å². The molecule has 0 bridgehead atoms. The van der Waals surface area contributed by atoms with Crippen LogP contribution in [0.4, 0.5) is 0 Å². The molecule has 5 heteroatoms. The summed E-state index contributed by atoms with van der Waals surface area (Å²) in [6.07, 6.45) is 5.52. The highest BCUT2D eigenvalue weighted by Crippen LogP contribution is 2.22. The van der Waals surface area contributed by atoms with E-state index in [0.717, 1.165) is 17.1 Å². The van der Waals surface area contributed by atoms with Gasteiger partial charge in [-0.05, 0) is 33.3 Å². The van der Waals surface area contributed by atoms with Crippen molar-refractivity contribution in [2.24, 2.45) is 0 Å². The van der Waals surface area contributed by atoms with E-state index in [1.807, 2.05) is 25.5 Å². The van der Waals surface area contributed by atoms with Crippen molar-refractivity contribution in [3.05, 3.63) is 29.0 Å². The van der Waals surface area contributed by atoms with E-state index >= 15 is 0 Å². The average Bonchev–Trinajstić information content (AvgIpc) is 2.75. The van der Waals surface area contributed by atoms with E-state index in [1.165, 1.54) is 4.88 Å². The second-order valence-electron chi connectivity index (χ2n) is 5.32. The minimum absolute atomic E-state index is 0.116. The second-order valence-corrected chi connectivity index (χ2v) is 6.43. The van der Waals surface area contributed by atoms with Gasteiger partial charge in [-0.25, -0.2) is 15.0 Å². The van der Waals surface area contributed by atoms with Crippen molar-refractivity contribution in [3.8, 4) is 10.8 Å². The monoisotopic (exact) mass is 262 g/mol. The second kappa shape index (κ2) is 5.12. The Balaban J connectivity index is 2.08. The summed E-state index contributed by atoms with van der Waals surface area (Å²) < 4.78 is 0. The van der Waals surface area contributed by atoms with Crippen LogP contribution < -0.4 is 5.32 Å². The minimum Gasteiger partial charge on any atom is -0.307 e.